The average molecular weight is 367 g/mol. The Balaban J connectivity index is 1.30. The van der Waals surface area contributed by atoms with Gasteiger partial charge in [-0.1, -0.05) is 6.42 Å². The van der Waals surface area contributed by atoms with Crippen LogP contribution in [-0.4, -0.2) is 51.8 Å². The van der Waals surface area contributed by atoms with Gasteiger partial charge in [-0.05, 0) is 48.9 Å². The van der Waals surface area contributed by atoms with Crippen LogP contribution in [0, 0.1) is 11.8 Å². The quantitative estimate of drug-likeness (QED) is 0.897. The Labute approximate surface area is 158 Å². The summed E-state index contributed by atoms with van der Waals surface area (Å²) in [5, 5.41) is 11.4. The van der Waals surface area contributed by atoms with E-state index in [0.717, 1.165) is 42.8 Å². The van der Waals surface area contributed by atoms with Crippen molar-refractivity contribution in [1.29, 1.82) is 0 Å². The second-order valence-corrected chi connectivity index (χ2v) is 8.00. The summed E-state index contributed by atoms with van der Waals surface area (Å²) in [7, 11) is 1.62. The molecule has 1 N–H and O–H groups in total. The van der Waals surface area contributed by atoms with Crippen LogP contribution >= 0.6 is 0 Å². The van der Waals surface area contributed by atoms with Gasteiger partial charge in [0.2, 0.25) is 5.82 Å². The molecule has 1 saturated heterocycles. The summed E-state index contributed by atoms with van der Waals surface area (Å²) >= 11 is 0. The molecule has 2 atom stereocenters. The van der Waals surface area contributed by atoms with Gasteiger partial charge in [-0.15, -0.1) is 10.2 Å². The van der Waals surface area contributed by atoms with Crippen molar-refractivity contribution >= 4 is 11.6 Å². The highest BCUT2D eigenvalue weighted by Gasteiger charge is 2.42. The van der Waals surface area contributed by atoms with Crippen molar-refractivity contribution in [3.8, 4) is 5.75 Å². The van der Waals surface area contributed by atoms with E-state index in [0.29, 0.717) is 17.7 Å². The van der Waals surface area contributed by atoms with Gasteiger partial charge in [-0.3, -0.25) is 9.69 Å². The van der Waals surface area contributed by atoms with Crippen LogP contribution in [0.3, 0.4) is 0 Å². The number of hydrogen-bond acceptors (Lipinski definition) is 5. The normalized spacial score (nSPS) is 24.8. The monoisotopic (exact) mass is 367 g/mol. The molecule has 1 aromatic heterocycles. The molecule has 3 aliphatic rings. The van der Waals surface area contributed by atoms with Crippen molar-refractivity contribution in [2.24, 2.45) is 11.8 Å². The van der Waals surface area contributed by atoms with Crippen molar-refractivity contribution in [1.82, 2.24) is 19.7 Å². The summed E-state index contributed by atoms with van der Waals surface area (Å²) < 4.78 is 7.19. The zero-order valence-corrected chi connectivity index (χ0v) is 15.6. The number of rotatable bonds is 4. The van der Waals surface area contributed by atoms with E-state index >= 15 is 0 Å². The summed E-state index contributed by atoms with van der Waals surface area (Å²) in [6.07, 6.45) is 5.00. The number of ether oxygens (including phenoxy) is 1. The third kappa shape index (κ3) is 3.00. The molecule has 7 nitrogen and oxygen atoms in total. The van der Waals surface area contributed by atoms with Gasteiger partial charge in [0.15, 0.2) is 0 Å². The minimum Gasteiger partial charge on any atom is -0.497 e. The van der Waals surface area contributed by atoms with Crippen LogP contribution < -0.4 is 10.1 Å². The number of amides is 1. The van der Waals surface area contributed by atoms with E-state index in [-0.39, 0.29) is 5.91 Å². The van der Waals surface area contributed by atoms with Crippen molar-refractivity contribution in [2.75, 3.05) is 25.5 Å². The number of carbonyl (C=O) groups is 1. The minimum atomic E-state index is -0.203. The Morgan fingerprint density at radius 1 is 1.11 bits per heavy atom. The van der Waals surface area contributed by atoms with Crippen LogP contribution in [0.4, 0.5) is 5.69 Å². The van der Waals surface area contributed by atoms with Crippen LogP contribution in [0.2, 0.25) is 0 Å². The Bertz CT molecular complexity index is 843. The highest BCUT2D eigenvalue weighted by atomic mass is 16.5. The predicted octanol–water partition coefficient (Wildman–Crippen LogP) is 2.20. The fourth-order valence-corrected chi connectivity index (χ4v) is 4.64. The molecule has 27 heavy (non-hydrogen) atoms. The summed E-state index contributed by atoms with van der Waals surface area (Å²) in [5.74, 6) is 3.18. The molecule has 1 aromatic carbocycles. The third-order valence-electron chi connectivity index (χ3n) is 6.44. The van der Waals surface area contributed by atoms with Crippen LogP contribution in [0.5, 0.6) is 5.75 Å². The van der Waals surface area contributed by atoms with Crippen LogP contribution in [0.25, 0.3) is 0 Å². The topological polar surface area (TPSA) is 72.3 Å². The summed E-state index contributed by atoms with van der Waals surface area (Å²) in [5.41, 5.74) is 0.726. The Hall–Kier alpha value is -2.41. The van der Waals surface area contributed by atoms with Crippen LogP contribution in [0.1, 0.15) is 35.7 Å². The molecule has 2 unspecified atom stereocenters. The molecule has 5 rings (SSSR count). The van der Waals surface area contributed by atoms with Gasteiger partial charge < -0.3 is 14.6 Å². The molecular weight excluding hydrogens is 342 g/mol. The van der Waals surface area contributed by atoms with E-state index in [2.05, 4.69) is 20.4 Å². The summed E-state index contributed by atoms with van der Waals surface area (Å²) in [4.78, 5) is 15.4. The molecule has 142 valence electrons. The Morgan fingerprint density at radius 2 is 1.89 bits per heavy atom. The molecule has 7 heteroatoms. The molecule has 2 fully saturated rings. The highest BCUT2D eigenvalue weighted by molar-refractivity contribution is 6.01. The van der Waals surface area contributed by atoms with Gasteiger partial charge in [0.25, 0.3) is 5.91 Å². The number of likely N-dealkylation sites (tertiary alicyclic amines) is 1. The third-order valence-corrected chi connectivity index (χ3v) is 6.44. The summed E-state index contributed by atoms with van der Waals surface area (Å²) in [6.45, 7) is 3.17. The highest BCUT2D eigenvalue weighted by Crippen LogP contribution is 2.37. The second kappa shape index (κ2) is 6.64. The van der Waals surface area contributed by atoms with Gasteiger partial charge in [-0.2, -0.15) is 0 Å². The largest absolute Gasteiger partial charge is 0.497 e. The lowest BCUT2D eigenvalue weighted by Gasteiger charge is -2.34. The number of nitrogens with zero attached hydrogens (tertiary/aromatic N) is 4. The van der Waals surface area contributed by atoms with Gasteiger partial charge in [0.05, 0.1) is 7.11 Å². The van der Waals surface area contributed by atoms with Gasteiger partial charge in [0.1, 0.15) is 11.6 Å². The zero-order chi connectivity index (χ0) is 18.4. The zero-order valence-electron chi connectivity index (χ0n) is 15.6. The molecule has 0 bridgehead atoms. The van der Waals surface area contributed by atoms with E-state index in [1.165, 1.54) is 25.8 Å². The second-order valence-electron chi connectivity index (χ2n) is 8.00. The predicted molar refractivity (Wildman–Crippen MR) is 101 cm³/mol. The van der Waals surface area contributed by atoms with E-state index < -0.39 is 0 Å². The smallest absolute Gasteiger partial charge is 0.293 e. The molecule has 1 aliphatic carbocycles. The molecule has 1 amide bonds. The van der Waals surface area contributed by atoms with E-state index in [4.69, 9.17) is 4.74 Å². The van der Waals surface area contributed by atoms with Crippen molar-refractivity contribution in [2.45, 2.75) is 38.3 Å². The first kappa shape index (κ1) is 16.7. The average Bonchev–Trinajstić information content (AvgIpc) is 3.21. The van der Waals surface area contributed by atoms with Gasteiger partial charge in [-0.25, -0.2) is 0 Å². The molecule has 2 aliphatic heterocycles. The maximum atomic E-state index is 12.7. The Kier molecular flexibility index (Phi) is 4.11. The SMILES string of the molecule is COc1ccc(NC(=O)c2nnc3n2CC2CN(C4CCC4)CC2C3)cc1. The fourth-order valence-electron chi connectivity index (χ4n) is 4.64. The first-order chi connectivity index (χ1) is 13.2. The molecule has 3 heterocycles. The first-order valence-electron chi connectivity index (χ1n) is 9.83. The number of nitrogens with one attached hydrogen (secondary N) is 1. The number of aromatic nitrogens is 3. The molecule has 1 saturated carbocycles. The standard InChI is InChI=1S/C20H25N5O2/c1-27-17-7-5-15(6-8-17)21-20(26)19-23-22-18-9-13-10-24(16-3-2-4-16)11-14(13)12-25(18)19/h5-8,13-14,16H,2-4,9-12H2,1H3,(H,21,26). The first-order valence-corrected chi connectivity index (χ1v) is 9.83. The number of methoxy groups -OCH3 is 1. The van der Waals surface area contributed by atoms with E-state index in [9.17, 15) is 4.79 Å². The number of anilines is 1. The van der Waals surface area contributed by atoms with Crippen LogP contribution in [0.15, 0.2) is 24.3 Å². The van der Waals surface area contributed by atoms with E-state index in [1.807, 2.05) is 28.8 Å². The molecular formula is C20H25N5O2. The van der Waals surface area contributed by atoms with Crippen molar-refractivity contribution in [3.05, 3.63) is 35.9 Å². The summed E-state index contributed by atoms with van der Waals surface area (Å²) in [6, 6.07) is 8.10. The number of benzene rings is 1. The number of carbonyl (C=O) groups excluding carboxylic acids is 1. The lowest BCUT2D eigenvalue weighted by Crippen LogP contribution is -2.38. The maximum absolute atomic E-state index is 12.7. The minimum absolute atomic E-state index is 0.203. The van der Waals surface area contributed by atoms with Gasteiger partial charge >= 0.3 is 0 Å². The van der Waals surface area contributed by atoms with Gasteiger partial charge in [0, 0.05) is 37.8 Å². The van der Waals surface area contributed by atoms with Crippen molar-refractivity contribution < 1.29 is 9.53 Å². The molecule has 2 aromatic rings. The molecule has 0 spiro atoms. The Morgan fingerprint density at radius 3 is 2.59 bits per heavy atom. The fraction of sp³-hybridized carbons (Fsp3) is 0.550. The lowest BCUT2D eigenvalue weighted by molar-refractivity contribution is 0.100. The van der Waals surface area contributed by atoms with Crippen molar-refractivity contribution in [3.63, 3.8) is 0 Å². The van der Waals surface area contributed by atoms with E-state index in [1.54, 1.807) is 7.11 Å². The lowest BCUT2D eigenvalue weighted by atomic mass is 9.89. The number of fused-ring (bicyclic) bond motifs is 2. The van der Waals surface area contributed by atoms with Crippen LogP contribution in [-0.2, 0) is 13.0 Å². The molecule has 0 radical (unpaired) electrons. The number of hydrogen-bond donors (Lipinski definition) is 1. The maximum Gasteiger partial charge on any atom is 0.293 e.